The summed E-state index contributed by atoms with van der Waals surface area (Å²) in [5, 5.41) is 10.5. The van der Waals surface area contributed by atoms with Crippen LogP contribution in [0.4, 0.5) is 0 Å². The quantitative estimate of drug-likeness (QED) is 0.322. The molecule has 1 amide bonds. The molecule has 7 heteroatoms. The van der Waals surface area contributed by atoms with E-state index in [-0.39, 0.29) is 17.9 Å². The third-order valence-corrected chi connectivity index (χ3v) is 7.55. The van der Waals surface area contributed by atoms with Crippen molar-refractivity contribution in [2.24, 2.45) is 5.41 Å². The number of rotatable bonds is 8. The van der Waals surface area contributed by atoms with E-state index in [0.29, 0.717) is 34.3 Å². The van der Waals surface area contributed by atoms with Gasteiger partial charge >= 0.3 is 0 Å². The van der Waals surface area contributed by atoms with Crippen LogP contribution in [0.1, 0.15) is 58.9 Å². The summed E-state index contributed by atoms with van der Waals surface area (Å²) < 4.78 is 6.84. The molecule has 182 valence electrons. The van der Waals surface area contributed by atoms with Crippen molar-refractivity contribution < 1.29 is 9.53 Å². The van der Waals surface area contributed by atoms with Gasteiger partial charge in [0.1, 0.15) is 0 Å². The third-order valence-electron chi connectivity index (χ3n) is 7.08. The van der Waals surface area contributed by atoms with Gasteiger partial charge in [-0.15, -0.1) is 0 Å². The molecule has 2 aliphatic rings. The number of pyridine rings is 1. The van der Waals surface area contributed by atoms with Crippen LogP contribution in [0, 0.1) is 16.7 Å². The number of fused-ring (bicyclic) bond motifs is 1. The molecule has 0 radical (unpaired) electrons. The van der Waals surface area contributed by atoms with Crippen molar-refractivity contribution in [1.29, 1.82) is 5.26 Å². The van der Waals surface area contributed by atoms with Crippen molar-refractivity contribution >= 4 is 34.7 Å². The van der Waals surface area contributed by atoms with E-state index in [1.807, 2.05) is 43.3 Å². The highest BCUT2D eigenvalue weighted by Gasteiger charge is 2.54. The molecule has 0 N–H and O–H groups in total. The number of aromatic nitrogens is 1. The molecule has 1 aliphatic carbocycles. The Morgan fingerprint density at radius 2 is 1.86 bits per heavy atom. The average Bonchev–Trinajstić information content (AvgIpc) is 3.60. The zero-order valence-electron chi connectivity index (χ0n) is 19.9. The Morgan fingerprint density at radius 1 is 1.14 bits per heavy atom. The summed E-state index contributed by atoms with van der Waals surface area (Å²) in [7, 11) is 0. The number of allylic oxidation sites excluding steroid dienone is 1. The molecule has 2 aromatic carbocycles. The highest BCUT2D eigenvalue weighted by atomic mass is 35.5. The predicted octanol–water partition coefficient (Wildman–Crippen LogP) is 6.99. The van der Waals surface area contributed by atoms with E-state index in [2.05, 4.69) is 17.6 Å². The molecule has 1 saturated carbocycles. The second kappa shape index (κ2) is 9.37. The summed E-state index contributed by atoms with van der Waals surface area (Å²) in [6.45, 7) is 6.52. The Kier molecular flexibility index (Phi) is 6.38. The average molecular weight is 518 g/mol. The lowest BCUT2D eigenvalue weighted by molar-refractivity contribution is -0.125. The highest BCUT2D eigenvalue weighted by Crippen LogP contribution is 2.53. The molecular formula is C29H25Cl2N3O2. The van der Waals surface area contributed by atoms with Crippen LogP contribution in [0.25, 0.3) is 5.57 Å². The van der Waals surface area contributed by atoms with Crippen LogP contribution in [0.5, 0.6) is 0 Å². The lowest BCUT2D eigenvalue weighted by Crippen LogP contribution is -2.47. The number of ether oxygens (including phenoxy) is 1. The van der Waals surface area contributed by atoms with Gasteiger partial charge in [0.15, 0.2) is 5.72 Å². The Morgan fingerprint density at radius 3 is 2.47 bits per heavy atom. The number of nitriles is 1. The van der Waals surface area contributed by atoms with Gasteiger partial charge in [0, 0.05) is 39.7 Å². The monoisotopic (exact) mass is 517 g/mol. The first-order chi connectivity index (χ1) is 17.3. The van der Waals surface area contributed by atoms with Crippen LogP contribution in [0.15, 0.2) is 67.4 Å². The maximum atomic E-state index is 14.0. The van der Waals surface area contributed by atoms with Gasteiger partial charge in [-0.3, -0.25) is 14.7 Å². The Balaban J connectivity index is 1.69. The first-order valence-corrected chi connectivity index (χ1v) is 12.5. The number of hydrogen-bond donors (Lipinski definition) is 0. The minimum atomic E-state index is -1.21. The van der Waals surface area contributed by atoms with Crippen LogP contribution in [-0.4, -0.2) is 22.4 Å². The Hall–Kier alpha value is -3.17. The smallest absolute Gasteiger partial charge is 0.257 e. The lowest BCUT2D eigenvalue weighted by Gasteiger charge is -2.40. The lowest BCUT2D eigenvalue weighted by atomic mass is 9.91. The molecule has 5 rings (SSSR count). The molecule has 36 heavy (non-hydrogen) atoms. The fourth-order valence-corrected chi connectivity index (χ4v) is 5.00. The summed E-state index contributed by atoms with van der Waals surface area (Å²) in [6, 6.07) is 19.0. The van der Waals surface area contributed by atoms with Crippen molar-refractivity contribution in [2.45, 2.75) is 38.5 Å². The van der Waals surface area contributed by atoms with Gasteiger partial charge in [0.2, 0.25) is 0 Å². The molecule has 1 atom stereocenters. The number of amides is 1. The number of benzene rings is 2. The zero-order valence-corrected chi connectivity index (χ0v) is 21.4. The van der Waals surface area contributed by atoms with Crippen molar-refractivity contribution in [3.8, 4) is 6.07 Å². The van der Waals surface area contributed by atoms with Crippen LogP contribution in [0.3, 0.4) is 0 Å². The second-order valence-corrected chi connectivity index (χ2v) is 10.5. The van der Waals surface area contributed by atoms with E-state index in [4.69, 9.17) is 27.9 Å². The number of nitrogens with zero attached hydrogens (tertiary/aromatic N) is 3. The van der Waals surface area contributed by atoms with Crippen LogP contribution in [0.2, 0.25) is 10.0 Å². The highest BCUT2D eigenvalue weighted by molar-refractivity contribution is 6.30. The molecule has 0 spiro atoms. The summed E-state index contributed by atoms with van der Waals surface area (Å²) in [5.41, 5.74) is 3.13. The fourth-order valence-electron chi connectivity index (χ4n) is 4.76. The molecule has 0 bridgehead atoms. The van der Waals surface area contributed by atoms with Gasteiger partial charge in [-0.25, -0.2) is 0 Å². The van der Waals surface area contributed by atoms with Crippen molar-refractivity contribution in [3.63, 3.8) is 0 Å². The van der Waals surface area contributed by atoms with Crippen LogP contribution in [-0.2, 0) is 17.0 Å². The van der Waals surface area contributed by atoms with E-state index in [1.54, 1.807) is 29.3 Å². The van der Waals surface area contributed by atoms with Crippen molar-refractivity contribution in [3.05, 3.63) is 105 Å². The first kappa shape index (κ1) is 24.5. The molecule has 1 unspecified atom stereocenters. The van der Waals surface area contributed by atoms with Gasteiger partial charge in [0.25, 0.3) is 5.91 Å². The van der Waals surface area contributed by atoms with E-state index in [9.17, 15) is 10.1 Å². The van der Waals surface area contributed by atoms with E-state index >= 15 is 0 Å². The standard InChI is InChI=1S/C29H25Cl2N3O2/c1-19(2)20-3-10-26-25(15-20)27(35)34(17-24-9-8-23(31)16-33-24)29(26,21-4-6-22(30)7-5-21)36-18-28(11-12-28)13-14-32/h3-10,15-16H,1,11-13,17-18H2,2H3. The zero-order chi connectivity index (χ0) is 25.5. The molecule has 1 fully saturated rings. The normalized spacial score (nSPS) is 19.6. The topological polar surface area (TPSA) is 66.2 Å². The number of carbonyl (C=O) groups excluding carboxylic acids is 1. The van der Waals surface area contributed by atoms with E-state index in [1.165, 1.54) is 0 Å². The summed E-state index contributed by atoms with van der Waals surface area (Å²) in [6.07, 6.45) is 3.83. The molecule has 3 aromatic rings. The first-order valence-electron chi connectivity index (χ1n) is 11.8. The third kappa shape index (κ3) is 4.30. The van der Waals surface area contributed by atoms with E-state index < -0.39 is 5.72 Å². The van der Waals surface area contributed by atoms with Gasteiger partial charge < -0.3 is 4.74 Å². The minimum Gasteiger partial charge on any atom is -0.346 e. The van der Waals surface area contributed by atoms with Gasteiger partial charge in [-0.05, 0) is 55.7 Å². The molecule has 1 aromatic heterocycles. The predicted molar refractivity (Wildman–Crippen MR) is 140 cm³/mol. The maximum Gasteiger partial charge on any atom is 0.257 e. The van der Waals surface area contributed by atoms with E-state index in [0.717, 1.165) is 35.1 Å². The van der Waals surface area contributed by atoms with Gasteiger partial charge in [-0.2, -0.15) is 5.26 Å². The number of carbonyl (C=O) groups is 1. The molecule has 2 heterocycles. The van der Waals surface area contributed by atoms with Gasteiger partial charge in [0.05, 0.1) is 29.9 Å². The van der Waals surface area contributed by atoms with Gasteiger partial charge in [-0.1, -0.05) is 59.6 Å². The summed E-state index contributed by atoms with van der Waals surface area (Å²) in [5.74, 6) is -0.162. The van der Waals surface area contributed by atoms with Crippen LogP contribution < -0.4 is 0 Å². The largest absolute Gasteiger partial charge is 0.346 e. The molecule has 5 nitrogen and oxygen atoms in total. The number of halogens is 2. The fraction of sp³-hybridized carbons (Fsp3) is 0.276. The second-order valence-electron chi connectivity index (χ2n) is 9.67. The Labute approximate surface area is 220 Å². The Bertz CT molecular complexity index is 1380. The minimum absolute atomic E-state index is 0.162. The van der Waals surface area contributed by atoms with Crippen molar-refractivity contribution in [2.75, 3.05) is 6.61 Å². The maximum absolute atomic E-state index is 14.0. The molecule has 1 aliphatic heterocycles. The molecular weight excluding hydrogens is 493 g/mol. The van der Waals surface area contributed by atoms with Crippen LogP contribution >= 0.6 is 23.2 Å². The summed E-state index contributed by atoms with van der Waals surface area (Å²) in [4.78, 5) is 20.2. The SMILES string of the molecule is C=C(C)c1ccc2c(c1)C(=O)N(Cc1ccc(Cl)cn1)C2(OCC1(CC#N)CC1)c1ccc(Cl)cc1. The molecule has 0 saturated heterocycles. The summed E-state index contributed by atoms with van der Waals surface area (Å²) >= 11 is 12.3. The van der Waals surface area contributed by atoms with Crippen molar-refractivity contribution in [1.82, 2.24) is 9.88 Å². The number of hydrogen-bond acceptors (Lipinski definition) is 4.